The molecule has 5 aromatic rings. The molecular weight excluding hydrogens is 656 g/mol. The number of nitrogens with zero attached hydrogens (tertiary/aromatic N) is 8. The van der Waals surface area contributed by atoms with Crippen LogP contribution in [0.25, 0.3) is 11.0 Å². The summed E-state index contributed by atoms with van der Waals surface area (Å²) in [4.78, 5) is 0. The van der Waals surface area contributed by atoms with E-state index in [0.717, 1.165) is 49.0 Å². The number of hydrazone groups is 2. The molecule has 0 radical (unpaired) electrons. The molecule has 0 spiro atoms. The molecule has 0 N–H and O–H groups in total. The lowest BCUT2D eigenvalue weighted by Gasteiger charge is -2.11. The van der Waals surface area contributed by atoms with Crippen molar-refractivity contribution >= 4 is 34.8 Å². The second-order valence-electron chi connectivity index (χ2n) is 9.93. The van der Waals surface area contributed by atoms with Crippen molar-refractivity contribution in [3.8, 4) is 0 Å². The summed E-state index contributed by atoms with van der Waals surface area (Å²) in [6.07, 6.45) is 10.2. The highest BCUT2D eigenvalue weighted by Gasteiger charge is 2.21. The Balaban J connectivity index is 0.00000242. The number of aromatic nitrogens is 4. The van der Waals surface area contributed by atoms with E-state index in [9.17, 15) is 0 Å². The van der Waals surface area contributed by atoms with Crippen LogP contribution in [0, 0.1) is 0 Å². The van der Waals surface area contributed by atoms with Crippen molar-refractivity contribution in [1.29, 1.82) is 0 Å². The van der Waals surface area contributed by atoms with Crippen molar-refractivity contribution in [2.24, 2.45) is 24.3 Å². The molecule has 0 bridgehead atoms. The van der Waals surface area contributed by atoms with Crippen molar-refractivity contribution in [2.45, 2.75) is 25.9 Å². The molecule has 3 aromatic carbocycles. The summed E-state index contributed by atoms with van der Waals surface area (Å²) in [5, 5.41) is 13.3. The quantitative estimate of drug-likeness (QED) is 0.0735. The van der Waals surface area contributed by atoms with Gasteiger partial charge >= 0.3 is 11.6 Å². The van der Waals surface area contributed by atoms with E-state index in [4.69, 9.17) is 5.10 Å². The number of unbranched alkanes of at least 4 members (excludes halogenated alkanes) is 1. The maximum Gasteiger partial charge on any atom is 0.302 e. The van der Waals surface area contributed by atoms with Crippen LogP contribution >= 0.6 is 0 Å². The molecule has 5 rings (SSSR count). The van der Waals surface area contributed by atoms with Crippen LogP contribution in [0.3, 0.4) is 0 Å². The third-order valence-corrected chi connectivity index (χ3v) is 7.26. The van der Waals surface area contributed by atoms with E-state index in [-0.39, 0.29) is 34.0 Å². The molecule has 8 nitrogen and oxygen atoms in total. The Bertz CT molecular complexity index is 1610. The second kappa shape index (κ2) is 15.5. The predicted octanol–water partition coefficient (Wildman–Crippen LogP) is -1.48. The lowest BCUT2D eigenvalue weighted by atomic mass is 10.2. The Morgan fingerprint density at radius 2 is 1.21 bits per heavy atom. The highest BCUT2D eigenvalue weighted by Crippen LogP contribution is 2.16. The van der Waals surface area contributed by atoms with Gasteiger partial charge in [-0.2, -0.15) is 10.2 Å². The Morgan fingerprint density at radius 1 is 0.690 bits per heavy atom. The molecule has 0 aliphatic carbocycles. The first-order valence-corrected chi connectivity index (χ1v) is 13.7. The SMILES string of the molecule is CN(/N=C/c1n(CCCCn2c(/C=N/N(C)c3ccccc3)[n+](C)c3ccccc32)cc[n+]1C)c1ccccc1.[Br-].[Br-]. The Morgan fingerprint density at radius 3 is 1.83 bits per heavy atom. The smallest absolute Gasteiger partial charge is 0.302 e. The zero-order chi connectivity index (χ0) is 27.9. The first kappa shape index (κ1) is 32.8. The van der Waals surface area contributed by atoms with Gasteiger partial charge in [0.15, 0.2) is 11.0 Å². The standard InChI is InChI=1S/C32H38N8.2BrH/c1-35-23-24-39(31(35)25-33-37(3)27-15-7-5-8-16-27)21-13-14-22-40-30-20-12-11-19-29(30)36(2)32(40)26-34-38(4)28-17-9-6-10-18-28;;/h5-12,15-20,23-26H,13-14,21-22H2,1-4H3;2*1H/q+2;;/p-2. The number of rotatable bonds is 11. The summed E-state index contributed by atoms with van der Waals surface area (Å²) in [6, 6.07) is 28.9. The molecule has 0 saturated heterocycles. The van der Waals surface area contributed by atoms with Crippen molar-refractivity contribution in [3.05, 3.63) is 109 Å². The molecule has 0 aliphatic heterocycles. The van der Waals surface area contributed by atoms with Crippen LogP contribution in [-0.4, -0.2) is 35.7 Å². The number of aryl methyl sites for hydroxylation is 4. The average Bonchev–Trinajstić information content (AvgIpc) is 3.49. The van der Waals surface area contributed by atoms with Crippen LogP contribution in [0.15, 0.2) is 108 Å². The summed E-state index contributed by atoms with van der Waals surface area (Å²) >= 11 is 0. The van der Waals surface area contributed by atoms with Gasteiger partial charge in [-0.3, -0.25) is 10.0 Å². The monoisotopic (exact) mass is 692 g/mol. The third-order valence-electron chi connectivity index (χ3n) is 7.26. The van der Waals surface area contributed by atoms with Gasteiger partial charge in [0, 0.05) is 14.1 Å². The largest absolute Gasteiger partial charge is 1.00 e. The average molecular weight is 695 g/mol. The number of hydrogen-bond acceptors (Lipinski definition) is 4. The van der Waals surface area contributed by atoms with E-state index in [1.807, 2.05) is 72.9 Å². The van der Waals surface area contributed by atoms with Gasteiger partial charge in [0.2, 0.25) is 0 Å². The third kappa shape index (κ3) is 7.54. The summed E-state index contributed by atoms with van der Waals surface area (Å²) in [6.45, 7) is 1.83. The van der Waals surface area contributed by atoms with E-state index in [2.05, 4.69) is 98.4 Å². The molecule has 0 atom stereocenters. The first-order chi connectivity index (χ1) is 19.5. The van der Waals surface area contributed by atoms with Crippen LogP contribution in [0.1, 0.15) is 24.5 Å². The normalized spacial score (nSPS) is 11.1. The highest BCUT2D eigenvalue weighted by molar-refractivity contribution is 5.81. The van der Waals surface area contributed by atoms with Crippen molar-refractivity contribution in [2.75, 3.05) is 24.1 Å². The molecule has 0 fully saturated rings. The summed E-state index contributed by atoms with van der Waals surface area (Å²) in [5.74, 6) is 2.14. The number of halogens is 2. The van der Waals surface area contributed by atoms with Crippen molar-refractivity contribution in [1.82, 2.24) is 9.13 Å². The Hall–Kier alpha value is -3.76. The lowest BCUT2D eigenvalue weighted by Crippen LogP contribution is -3.00. The Kier molecular flexibility index (Phi) is 12.1. The van der Waals surface area contributed by atoms with Gasteiger partial charge in [0.25, 0.3) is 0 Å². The number of fused-ring (bicyclic) bond motifs is 1. The minimum Gasteiger partial charge on any atom is -1.00 e. The predicted molar refractivity (Wildman–Crippen MR) is 163 cm³/mol. The number of anilines is 2. The number of hydrogen-bond donors (Lipinski definition) is 0. The molecule has 2 aromatic heterocycles. The van der Waals surface area contributed by atoms with E-state index in [1.54, 1.807) is 0 Å². The number of imidazole rings is 2. The van der Waals surface area contributed by atoms with Gasteiger partial charge in [-0.1, -0.05) is 48.5 Å². The van der Waals surface area contributed by atoms with Gasteiger partial charge in [0.1, 0.15) is 24.8 Å². The molecule has 0 unspecified atom stereocenters. The molecule has 2 heterocycles. The van der Waals surface area contributed by atoms with Gasteiger partial charge in [-0.25, -0.2) is 18.3 Å². The van der Waals surface area contributed by atoms with Crippen molar-refractivity contribution in [3.63, 3.8) is 0 Å². The minimum atomic E-state index is 0. The summed E-state index contributed by atoms with van der Waals surface area (Å²) in [7, 11) is 8.12. The van der Waals surface area contributed by atoms with Crippen LogP contribution in [0.5, 0.6) is 0 Å². The Labute approximate surface area is 269 Å². The van der Waals surface area contributed by atoms with Crippen LogP contribution in [-0.2, 0) is 27.2 Å². The zero-order valence-corrected chi connectivity index (χ0v) is 27.7. The van der Waals surface area contributed by atoms with E-state index >= 15 is 0 Å². The molecule has 0 saturated carbocycles. The van der Waals surface area contributed by atoms with Gasteiger partial charge in [-0.15, -0.1) is 0 Å². The molecule has 0 amide bonds. The molecule has 42 heavy (non-hydrogen) atoms. The lowest BCUT2D eigenvalue weighted by molar-refractivity contribution is -0.671. The van der Waals surface area contributed by atoms with Crippen LogP contribution < -0.4 is 53.1 Å². The molecule has 10 heteroatoms. The van der Waals surface area contributed by atoms with E-state index < -0.39 is 0 Å². The number of para-hydroxylation sites is 4. The highest BCUT2D eigenvalue weighted by atomic mass is 79.9. The maximum atomic E-state index is 4.77. The van der Waals surface area contributed by atoms with Crippen LogP contribution in [0.2, 0.25) is 0 Å². The first-order valence-electron chi connectivity index (χ1n) is 13.7. The fraction of sp³-hybridized carbons (Fsp3) is 0.250. The fourth-order valence-electron chi connectivity index (χ4n) is 4.93. The molecular formula is C32H38Br2N8. The fourth-order valence-corrected chi connectivity index (χ4v) is 4.93. The molecule has 0 aliphatic rings. The summed E-state index contributed by atoms with van der Waals surface area (Å²) in [5.41, 5.74) is 4.53. The van der Waals surface area contributed by atoms with Gasteiger partial charge in [0.05, 0.1) is 38.6 Å². The minimum absolute atomic E-state index is 0. The maximum absolute atomic E-state index is 4.77. The van der Waals surface area contributed by atoms with Crippen molar-refractivity contribution < 1.29 is 43.1 Å². The summed E-state index contributed by atoms with van der Waals surface area (Å²) < 4.78 is 8.98. The van der Waals surface area contributed by atoms with E-state index in [0.29, 0.717) is 0 Å². The van der Waals surface area contributed by atoms with Gasteiger partial charge in [-0.05, 0) is 49.2 Å². The van der Waals surface area contributed by atoms with E-state index in [1.165, 1.54) is 11.0 Å². The zero-order valence-electron chi connectivity index (χ0n) is 24.6. The number of benzene rings is 3. The second-order valence-corrected chi connectivity index (χ2v) is 9.93. The topological polar surface area (TPSA) is 48.8 Å². The van der Waals surface area contributed by atoms with Gasteiger partial charge < -0.3 is 34.0 Å². The van der Waals surface area contributed by atoms with Crippen LogP contribution in [0.4, 0.5) is 11.4 Å². The molecule has 220 valence electrons.